The number of non-ortho nitro benzene ring substituents is 1. The van der Waals surface area contributed by atoms with Crippen LogP contribution in [0.3, 0.4) is 0 Å². The SMILES string of the molecule is O=[N+]([O-])c1ccc(N(CCO)CCO)c(-c2ccccc2)c1. The summed E-state index contributed by atoms with van der Waals surface area (Å²) >= 11 is 0. The summed E-state index contributed by atoms with van der Waals surface area (Å²) in [5.74, 6) is 0. The molecule has 0 aliphatic heterocycles. The second kappa shape index (κ2) is 7.53. The molecule has 0 radical (unpaired) electrons. The highest BCUT2D eigenvalue weighted by atomic mass is 16.6. The van der Waals surface area contributed by atoms with E-state index in [1.165, 1.54) is 12.1 Å². The van der Waals surface area contributed by atoms with Gasteiger partial charge in [0.05, 0.1) is 18.1 Å². The number of rotatable bonds is 7. The van der Waals surface area contributed by atoms with Gasteiger partial charge in [0, 0.05) is 36.5 Å². The van der Waals surface area contributed by atoms with E-state index >= 15 is 0 Å². The van der Waals surface area contributed by atoms with Gasteiger partial charge >= 0.3 is 0 Å². The van der Waals surface area contributed by atoms with Crippen LogP contribution in [0.15, 0.2) is 48.5 Å². The Hall–Kier alpha value is -2.44. The zero-order valence-corrected chi connectivity index (χ0v) is 12.1. The van der Waals surface area contributed by atoms with E-state index in [4.69, 9.17) is 0 Å². The molecule has 6 heteroatoms. The average molecular weight is 302 g/mol. The summed E-state index contributed by atoms with van der Waals surface area (Å²) in [7, 11) is 0. The predicted octanol–water partition coefficient (Wildman–Crippen LogP) is 2.05. The van der Waals surface area contributed by atoms with Crippen molar-refractivity contribution in [2.75, 3.05) is 31.2 Å². The Morgan fingerprint density at radius 1 is 1.00 bits per heavy atom. The maximum Gasteiger partial charge on any atom is 0.270 e. The molecular weight excluding hydrogens is 284 g/mol. The lowest BCUT2D eigenvalue weighted by molar-refractivity contribution is -0.384. The molecule has 2 rings (SSSR count). The van der Waals surface area contributed by atoms with Crippen LogP contribution in [-0.2, 0) is 0 Å². The molecule has 0 unspecified atom stereocenters. The number of anilines is 1. The standard InChI is InChI=1S/C16H18N2O4/c19-10-8-17(9-11-20)16-7-6-14(18(21)22)12-15(16)13-4-2-1-3-5-13/h1-7,12,19-20H,8-11H2. The van der Waals surface area contributed by atoms with Gasteiger partial charge in [-0.3, -0.25) is 10.1 Å². The average Bonchev–Trinajstić information content (AvgIpc) is 2.55. The fourth-order valence-electron chi connectivity index (χ4n) is 2.36. The van der Waals surface area contributed by atoms with Crippen LogP contribution in [0.25, 0.3) is 11.1 Å². The fraction of sp³-hybridized carbons (Fsp3) is 0.250. The van der Waals surface area contributed by atoms with Crippen LogP contribution in [0.4, 0.5) is 11.4 Å². The summed E-state index contributed by atoms with van der Waals surface area (Å²) in [6, 6.07) is 14.0. The molecule has 22 heavy (non-hydrogen) atoms. The molecule has 0 amide bonds. The molecule has 0 aromatic heterocycles. The lowest BCUT2D eigenvalue weighted by Gasteiger charge is -2.25. The Bertz CT molecular complexity index is 625. The van der Waals surface area contributed by atoms with Crippen molar-refractivity contribution in [1.29, 1.82) is 0 Å². The molecule has 2 aromatic rings. The molecule has 0 bridgehead atoms. The van der Waals surface area contributed by atoms with Gasteiger partial charge in [0.1, 0.15) is 0 Å². The van der Waals surface area contributed by atoms with Crippen molar-refractivity contribution in [3.05, 3.63) is 58.6 Å². The van der Waals surface area contributed by atoms with Gasteiger partial charge in [-0.15, -0.1) is 0 Å². The second-order valence-electron chi connectivity index (χ2n) is 4.76. The van der Waals surface area contributed by atoms with Crippen LogP contribution in [0, 0.1) is 10.1 Å². The molecule has 0 heterocycles. The van der Waals surface area contributed by atoms with E-state index < -0.39 is 4.92 Å². The first-order valence-corrected chi connectivity index (χ1v) is 6.98. The monoisotopic (exact) mass is 302 g/mol. The summed E-state index contributed by atoms with van der Waals surface area (Å²) in [5.41, 5.74) is 2.31. The molecule has 2 N–H and O–H groups in total. The molecule has 0 spiro atoms. The van der Waals surface area contributed by atoms with Gasteiger partial charge in [-0.25, -0.2) is 0 Å². The van der Waals surface area contributed by atoms with E-state index in [0.717, 1.165) is 11.3 Å². The zero-order chi connectivity index (χ0) is 15.9. The van der Waals surface area contributed by atoms with Gasteiger partial charge in [0.15, 0.2) is 0 Å². The van der Waals surface area contributed by atoms with Gasteiger partial charge in [0.2, 0.25) is 0 Å². The quantitative estimate of drug-likeness (QED) is 0.604. The van der Waals surface area contributed by atoms with E-state index in [-0.39, 0.29) is 18.9 Å². The fourth-order valence-corrected chi connectivity index (χ4v) is 2.36. The minimum atomic E-state index is -0.432. The smallest absolute Gasteiger partial charge is 0.270 e. The molecule has 0 aliphatic rings. The highest BCUT2D eigenvalue weighted by molar-refractivity contribution is 5.80. The van der Waals surface area contributed by atoms with E-state index in [9.17, 15) is 20.3 Å². The lowest BCUT2D eigenvalue weighted by Crippen LogP contribution is -2.30. The Kier molecular flexibility index (Phi) is 5.46. The minimum absolute atomic E-state index is 0.00977. The number of nitro benzene ring substituents is 1. The maximum absolute atomic E-state index is 11.0. The maximum atomic E-state index is 11.0. The summed E-state index contributed by atoms with van der Waals surface area (Å²) in [6.07, 6.45) is 0. The largest absolute Gasteiger partial charge is 0.395 e. The van der Waals surface area contributed by atoms with Crippen LogP contribution in [0.1, 0.15) is 0 Å². The Labute approximate surface area is 128 Å². The summed E-state index contributed by atoms with van der Waals surface area (Å²) in [5, 5.41) is 29.4. The van der Waals surface area contributed by atoms with Crippen molar-refractivity contribution in [2.45, 2.75) is 0 Å². The van der Waals surface area contributed by atoms with E-state index in [2.05, 4.69) is 0 Å². The molecule has 0 fully saturated rings. The second-order valence-corrected chi connectivity index (χ2v) is 4.76. The van der Waals surface area contributed by atoms with E-state index in [0.29, 0.717) is 18.7 Å². The minimum Gasteiger partial charge on any atom is -0.395 e. The summed E-state index contributed by atoms with van der Waals surface area (Å²) in [4.78, 5) is 12.4. The van der Waals surface area contributed by atoms with Crippen LogP contribution < -0.4 is 4.90 Å². The first-order chi connectivity index (χ1) is 10.7. The number of hydrogen-bond donors (Lipinski definition) is 2. The predicted molar refractivity (Wildman–Crippen MR) is 84.9 cm³/mol. The van der Waals surface area contributed by atoms with Crippen LogP contribution >= 0.6 is 0 Å². The third kappa shape index (κ3) is 3.60. The molecule has 6 nitrogen and oxygen atoms in total. The van der Waals surface area contributed by atoms with Gasteiger partial charge in [-0.1, -0.05) is 30.3 Å². The number of nitrogens with zero attached hydrogens (tertiary/aromatic N) is 2. The van der Waals surface area contributed by atoms with Gasteiger partial charge < -0.3 is 15.1 Å². The molecule has 0 saturated heterocycles. The number of nitro groups is 1. The highest BCUT2D eigenvalue weighted by Gasteiger charge is 2.16. The number of hydrogen-bond acceptors (Lipinski definition) is 5. The number of aliphatic hydroxyl groups excluding tert-OH is 2. The topological polar surface area (TPSA) is 86.8 Å². The van der Waals surface area contributed by atoms with E-state index in [1.54, 1.807) is 6.07 Å². The third-order valence-corrected chi connectivity index (χ3v) is 3.36. The summed E-state index contributed by atoms with van der Waals surface area (Å²) in [6.45, 7) is 0.562. The number of aliphatic hydroxyl groups is 2. The van der Waals surface area contributed by atoms with Crippen LogP contribution in [0.2, 0.25) is 0 Å². The highest BCUT2D eigenvalue weighted by Crippen LogP contribution is 2.34. The van der Waals surface area contributed by atoms with Gasteiger partial charge in [-0.05, 0) is 11.6 Å². The number of benzene rings is 2. The summed E-state index contributed by atoms with van der Waals surface area (Å²) < 4.78 is 0. The van der Waals surface area contributed by atoms with Crippen LogP contribution in [-0.4, -0.2) is 41.4 Å². The third-order valence-electron chi connectivity index (χ3n) is 3.36. The molecular formula is C16H18N2O4. The van der Waals surface area contributed by atoms with Gasteiger partial charge in [0.25, 0.3) is 5.69 Å². The molecule has 2 aromatic carbocycles. The van der Waals surface area contributed by atoms with Crippen molar-refractivity contribution in [2.24, 2.45) is 0 Å². The van der Waals surface area contributed by atoms with Crippen LogP contribution in [0.5, 0.6) is 0 Å². The molecule has 0 aliphatic carbocycles. The Morgan fingerprint density at radius 3 is 2.18 bits per heavy atom. The first-order valence-electron chi connectivity index (χ1n) is 6.98. The Balaban J connectivity index is 2.54. The Morgan fingerprint density at radius 2 is 1.64 bits per heavy atom. The molecule has 0 atom stereocenters. The van der Waals surface area contributed by atoms with Crippen molar-refractivity contribution in [1.82, 2.24) is 0 Å². The van der Waals surface area contributed by atoms with Crippen molar-refractivity contribution in [3.63, 3.8) is 0 Å². The molecule has 116 valence electrons. The normalized spacial score (nSPS) is 10.5. The van der Waals surface area contributed by atoms with Gasteiger partial charge in [-0.2, -0.15) is 0 Å². The van der Waals surface area contributed by atoms with E-state index in [1.807, 2.05) is 35.2 Å². The van der Waals surface area contributed by atoms with Crippen molar-refractivity contribution >= 4 is 11.4 Å². The molecule has 0 saturated carbocycles. The first kappa shape index (κ1) is 15.9. The van der Waals surface area contributed by atoms with Crippen molar-refractivity contribution in [3.8, 4) is 11.1 Å². The van der Waals surface area contributed by atoms with Crippen molar-refractivity contribution < 1.29 is 15.1 Å². The lowest BCUT2D eigenvalue weighted by atomic mass is 10.0. The zero-order valence-electron chi connectivity index (χ0n) is 12.1.